The maximum atomic E-state index is 6.23. The molecule has 4 heterocycles. The second-order valence-electron chi connectivity index (χ2n) is 9.38. The number of hydrogen-bond donors (Lipinski definition) is 1. The molecule has 188 valence electrons. The minimum absolute atomic E-state index is 0.108. The van der Waals surface area contributed by atoms with Crippen LogP contribution < -0.4 is 10.5 Å². The predicted molar refractivity (Wildman–Crippen MR) is 143 cm³/mol. The molecule has 0 aliphatic carbocycles. The summed E-state index contributed by atoms with van der Waals surface area (Å²) in [6.07, 6.45) is 5.33. The summed E-state index contributed by atoms with van der Waals surface area (Å²) < 4.78 is 12.5. The van der Waals surface area contributed by atoms with E-state index in [4.69, 9.17) is 31.5 Å². The number of rotatable bonds is 6. The number of anilines is 1. The van der Waals surface area contributed by atoms with Gasteiger partial charge in [0.2, 0.25) is 11.8 Å². The normalized spacial score (nSPS) is 15.7. The van der Waals surface area contributed by atoms with Gasteiger partial charge in [0.25, 0.3) is 0 Å². The van der Waals surface area contributed by atoms with E-state index >= 15 is 0 Å². The molecule has 0 unspecified atom stereocenters. The van der Waals surface area contributed by atoms with Gasteiger partial charge in [-0.05, 0) is 73.5 Å². The van der Waals surface area contributed by atoms with E-state index in [0.29, 0.717) is 29.7 Å². The summed E-state index contributed by atoms with van der Waals surface area (Å²) in [5.41, 5.74) is 10.2. The molecule has 1 aliphatic heterocycles. The Morgan fingerprint density at radius 3 is 2.38 bits per heavy atom. The Bertz CT molecular complexity index is 1510. The Hall–Kier alpha value is -3.88. The van der Waals surface area contributed by atoms with Crippen molar-refractivity contribution in [1.82, 2.24) is 24.5 Å². The van der Waals surface area contributed by atoms with Crippen molar-refractivity contribution in [2.24, 2.45) is 0 Å². The molecule has 0 atom stereocenters. The molecular formula is C28H27ClN6O2. The number of fused-ring (bicyclic) bond motifs is 1. The average Bonchev–Trinajstić information content (AvgIpc) is 3.63. The van der Waals surface area contributed by atoms with Crippen molar-refractivity contribution >= 4 is 23.2 Å². The van der Waals surface area contributed by atoms with E-state index < -0.39 is 0 Å². The number of aromatic nitrogens is 4. The Morgan fingerprint density at radius 1 is 1.03 bits per heavy atom. The number of furan rings is 1. The fourth-order valence-electron chi connectivity index (χ4n) is 5.31. The van der Waals surface area contributed by atoms with E-state index in [9.17, 15) is 0 Å². The standard InChI is InChI=1S/C28H27ClN6O2/c1-36-23-10-6-21(7-11-23)28(20-4-8-22(29)9-5-20)12-14-34(15-13-28)18-19-17-31-27(30)35-26(19)32-25(33-35)24-3-2-16-37-24/h2-11,16-17H,12-15,18H2,1H3,(H2,30,31). The average molecular weight is 515 g/mol. The van der Waals surface area contributed by atoms with E-state index in [1.165, 1.54) is 11.1 Å². The first kappa shape index (κ1) is 23.5. The number of hydrogen-bond acceptors (Lipinski definition) is 7. The largest absolute Gasteiger partial charge is 0.497 e. The Balaban J connectivity index is 1.28. The van der Waals surface area contributed by atoms with E-state index in [-0.39, 0.29) is 5.41 Å². The van der Waals surface area contributed by atoms with Crippen LogP contribution in [0.25, 0.3) is 17.2 Å². The maximum absolute atomic E-state index is 6.23. The summed E-state index contributed by atoms with van der Waals surface area (Å²) in [6, 6.07) is 20.4. The first-order valence-electron chi connectivity index (χ1n) is 12.2. The van der Waals surface area contributed by atoms with E-state index in [2.05, 4.69) is 39.2 Å². The van der Waals surface area contributed by atoms with Crippen LogP contribution in [-0.4, -0.2) is 44.7 Å². The van der Waals surface area contributed by atoms with Crippen LogP contribution in [0.15, 0.2) is 77.5 Å². The minimum atomic E-state index is -0.108. The van der Waals surface area contributed by atoms with Gasteiger partial charge in [-0.1, -0.05) is 35.9 Å². The summed E-state index contributed by atoms with van der Waals surface area (Å²) in [6.45, 7) is 2.51. The summed E-state index contributed by atoms with van der Waals surface area (Å²) >= 11 is 6.23. The van der Waals surface area contributed by atoms with Gasteiger partial charge in [0.15, 0.2) is 11.4 Å². The molecule has 3 aromatic heterocycles. The maximum Gasteiger partial charge on any atom is 0.223 e. The van der Waals surface area contributed by atoms with Crippen LogP contribution >= 0.6 is 11.6 Å². The molecule has 6 rings (SSSR count). The number of likely N-dealkylation sites (tertiary alicyclic amines) is 1. The highest BCUT2D eigenvalue weighted by Gasteiger charge is 2.38. The van der Waals surface area contributed by atoms with Gasteiger partial charge in [-0.3, -0.25) is 4.90 Å². The second kappa shape index (κ2) is 9.53. The molecule has 0 radical (unpaired) electrons. The number of nitrogen functional groups attached to an aromatic ring is 1. The first-order chi connectivity index (χ1) is 18.1. The van der Waals surface area contributed by atoms with Crippen LogP contribution in [0.1, 0.15) is 29.5 Å². The third-order valence-corrected chi connectivity index (χ3v) is 7.60. The van der Waals surface area contributed by atoms with Gasteiger partial charge in [-0.2, -0.15) is 4.52 Å². The third-order valence-electron chi connectivity index (χ3n) is 7.35. The molecule has 37 heavy (non-hydrogen) atoms. The number of halogens is 1. The zero-order valence-electron chi connectivity index (χ0n) is 20.5. The van der Waals surface area contributed by atoms with Crippen LogP contribution in [0.4, 0.5) is 5.95 Å². The van der Waals surface area contributed by atoms with E-state index in [0.717, 1.165) is 42.3 Å². The summed E-state index contributed by atoms with van der Waals surface area (Å²) in [4.78, 5) is 11.5. The highest BCUT2D eigenvalue weighted by atomic mass is 35.5. The van der Waals surface area contributed by atoms with Crippen molar-refractivity contribution < 1.29 is 9.15 Å². The number of piperidine rings is 1. The van der Waals surface area contributed by atoms with Crippen molar-refractivity contribution in [1.29, 1.82) is 0 Å². The zero-order chi connectivity index (χ0) is 25.4. The number of methoxy groups -OCH3 is 1. The van der Waals surface area contributed by atoms with Crippen LogP contribution in [0.3, 0.4) is 0 Å². The highest BCUT2D eigenvalue weighted by Crippen LogP contribution is 2.43. The summed E-state index contributed by atoms with van der Waals surface area (Å²) in [5.74, 6) is 2.24. The molecule has 2 aromatic carbocycles. The lowest BCUT2D eigenvalue weighted by Gasteiger charge is -2.43. The van der Waals surface area contributed by atoms with Crippen molar-refractivity contribution in [2.45, 2.75) is 24.8 Å². The van der Waals surface area contributed by atoms with Gasteiger partial charge < -0.3 is 14.9 Å². The highest BCUT2D eigenvalue weighted by molar-refractivity contribution is 6.30. The molecule has 1 saturated heterocycles. The SMILES string of the molecule is COc1ccc(C2(c3ccc(Cl)cc3)CCN(Cc3cnc(N)n4nc(-c5ccco5)nc34)CC2)cc1. The molecule has 1 fully saturated rings. The fraction of sp³-hybridized carbons (Fsp3) is 0.250. The lowest BCUT2D eigenvalue weighted by molar-refractivity contribution is 0.172. The molecule has 8 nitrogen and oxygen atoms in total. The van der Waals surface area contributed by atoms with Crippen molar-refractivity contribution in [3.05, 3.63) is 94.8 Å². The lowest BCUT2D eigenvalue weighted by atomic mass is 9.68. The third kappa shape index (κ3) is 4.32. The zero-order valence-corrected chi connectivity index (χ0v) is 21.2. The Morgan fingerprint density at radius 2 is 1.73 bits per heavy atom. The Labute approximate surface area is 219 Å². The van der Waals surface area contributed by atoms with Crippen molar-refractivity contribution in [2.75, 3.05) is 25.9 Å². The van der Waals surface area contributed by atoms with Gasteiger partial charge >= 0.3 is 0 Å². The Kier molecular flexibility index (Phi) is 6.06. The minimum Gasteiger partial charge on any atom is -0.497 e. The molecule has 0 bridgehead atoms. The summed E-state index contributed by atoms with van der Waals surface area (Å²) in [7, 11) is 1.69. The second-order valence-corrected chi connectivity index (χ2v) is 9.82. The monoisotopic (exact) mass is 514 g/mol. The van der Waals surface area contributed by atoms with Crippen LogP contribution in [0.5, 0.6) is 5.75 Å². The molecular weight excluding hydrogens is 488 g/mol. The molecule has 0 amide bonds. The molecule has 5 aromatic rings. The smallest absolute Gasteiger partial charge is 0.223 e. The van der Waals surface area contributed by atoms with Crippen LogP contribution in [0.2, 0.25) is 5.02 Å². The summed E-state index contributed by atoms with van der Waals surface area (Å²) in [5, 5.41) is 5.26. The topological polar surface area (TPSA) is 94.7 Å². The lowest BCUT2D eigenvalue weighted by Crippen LogP contribution is -2.43. The predicted octanol–water partition coefficient (Wildman–Crippen LogP) is 5.21. The van der Waals surface area contributed by atoms with Gasteiger partial charge in [-0.15, -0.1) is 5.10 Å². The number of nitrogens with two attached hydrogens (primary N) is 1. The van der Waals surface area contributed by atoms with Crippen LogP contribution in [-0.2, 0) is 12.0 Å². The van der Waals surface area contributed by atoms with E-state index in [1.54, 1.807) is 24.1 Å². The molecule has 1 aliphatic rings. The molecule has 2 N–H and O–H groups in total. The first-order valence-corrected chi connectivity index (χ1v) is 12.6. The van der Waals surface area contributed by atoms with Gasteiger partial charge in [0, 0.05) is 28.7 Å². The van der Waals surface area contributed by atoms with Gasteiger partial charge in [-0.25, -0.2) is 9.97 Å². The number of benzene rings is 2. The quantitative estimate of drug-likeness (QED) is 0.332. The fourth-order valence-corrected chi connectivity index (χ4v) is 5.44. The van der Waals surface area contributed by atoms with Gasteiger partial charge in [0.1, 0.15) is 5.75 Å². The van der Waals surface area contributed by atoms with Crippen molar-refractivity contribution in [3.8, 4) is 17.3 Å². The molecule has 0 saturated carbocycles. The van der Waals surface area contributed by atoms with Gasteiger partial charge in [0.05, 0.1) is 13.4 Å². The molecule has 0 spiro atoms. The molecule has 9 heteroatoms. The number of ether oxygens (including phenoxy) is 1. The van der Waals surface area contributed by atoms with Crippen LogP contribution in [0, 0.1) is 0 Å². The van der Waals surface area contributed by atoms with Crippen molar-refractivity contribution in [3.63, 3.8) is 0 Å². The number of nitrogens with zero attached hydrogens (tertiary/aromatic N) is 5. The van der Waals surface area contributed by atoms with E-state index in [1.807, 2.05) is 36.4 Å².